The number of rotatable bonds is 1. The predicted molar refractivity (Wildman–Crippen MR) is 100 cm³/mol. The third kappa shape index (κ3) is 2.26. The summed E-state index contributed by atoms with van der Waals surface area (Å²) in [7, 11) is 0. The van der Waals surface area contributed by atoms with Crippen molar-refractivity contribution in [2.75, 3.05) is 0 Å². The van der Waals surface area contributed by atoms with E-state index in [2.05, 4.69) is 36.4 Å². The second-order valence-corrected chi connectivity index (χ2v) is 7.36. The summed E-state index contributed by atoms with van der Waals surface area (Å²) in [6.07, 6.45) is 12.3. The van der Waals surface area contributed by atoms with Gasteiger partial charge in [-0.2, -0.15) is 0 Å². The Morgan fingerprint density at radius 3 is 2.29 bits per heavy atom. The molecule has 2 aliphatic carbocycles. The standard InChI is InChI=1S/C23H23N/c1-2-7-18-15-19(10-9-16(18)5-1)23-22-12-11-17-6-3-4-8-20(17)21(22)13-14-24-23/h9-15H,1-8H2. The van der Waals surface area contributed by atoms with E-state index in [4.69, 9.17) is 4.98 Å². The third-order valence-corrected chi connectivity index (χ3v) is 5.90. The van der Waals surface area contributed by atoms with Crippen LogP contribution >= 0.6 is 0 Å². The molecule has 0 radical (unpaired) electrons. The van der Waals surface area contributed by atoms with E-state index in [1.807, 2.05) is 6.20 Å². The molecule has 1 heterocycles. The Morgan fingerprint density at radius 2 is 1.38 bits per heavy atom. The van der Waals surface area contributed by atoms with Crippen LogP contribution in [0, 0.1) is 0 Å². The monoisotopic (exact) mass is 313 g/mol. The molecule has 0 saturated carbocycles. The SMILES string of the molecule is c1cc2c3c(ccc2c(-c2ccc4c(c2)CCCC4)n1)CCCC3. The summed E-state index contributed by atoms with van der Waals surface area (Å²) >= 11 is 0. The summed E-state index contributed by atoms with van der Waals surface area (Å²) in [6, 6.07) is 13.9. The summed E-state index contributed by atoms with van der Waals surface area (Å²) < 4.78 is 0. The average Bonchev–Trinajstić information content (AvgIpc) is 2.67. The van der Waals surface area contributed by atoms with Crippen LogP contribution in [-0.2, 0) is 25.7 Å². The smallest absolute Gasteiger partial charge is 0.0780 e. The van der Waals surface area contributed by atoms with Crippen LogP contribution in [0.3, 0.4) is 0 Å². The van der Waals surface area contributed by atoms with Crippen LogP contribution < -0.4 is 0 Å². The molecule has 0 unspecified atom stereocenters. The number of aryl methyl sites for hydroxylation is 4. The van der Waals surface area contributed by atoms with Crippen molar-refractivity contribution in [3.63, 3.8) is 0 Å². The molecular formula is C23H23N. The Kier molecular flexibility index (Phi) is 3.40. The zero-order valence-corrected chi connectivity index (χ0v) is 14.1. The summed E-state index contributed by atoms with van der Waals surface area (Å²) in [5.74, 6) is 0. The molecule has 2 aliphatic rings. The fraction of sp³-hybridized carbons (Fsp3) is 0.348. The van der Waals surface area contributed by atoms with Gasteiger partial charge in [0.2, 0.25) is 0 Å². The molecule has 1 aromatic heterocycles. The van der Waals surface area contributed by atoms with Crippen LogP contribution in [0.2, 0.25) is 0 Å². The van der Waals surface area contributed by atoms with Gasteiger partial charge in [0.25, 0.3) is 0 Å². The number of benzene rings is 2. The molecule has 1 nitrogen and oxygen atoms in total. The quantitative estimate of drug-likeness (QED) is 0.565. The van der Waals surface area contributed by atoms with Crippen molar-refractivity contribution in [3.05, 3.63) is 64.8 Å². The van der Waals surface area contributed by atoms with E-state index < -0.39 is 0 Å². The fourth-order valence-corrected chi connectivity index (χ4v) is 4.62. The Labute approximate surface area is 143 Å². The molecule has 120 valence electrons. The zero-order valence-electron chi connectivity index (χ0n) is 14.1. The largest absolute Gasteiger partial charge is 0.256 e. The van der Waals surface area contributed by atoms with Crippen molar-refractivity contribution in [3.8, 4) is 11.3 Å². The van der Waals surface area contributed by atoms with Gasteiger partial charge in [-0.05, 0) is 91.1 Å². The number of aromatic nitrogens is 1. The van der Waals surface area contributed by atoms with Gasteiger partial charge in [-0.3, -0.25) is 4.98 Å². The van der Waals surface area contributed by atoms with Crippen molar-refractivity contribution in [1.82, 2.24) is 4.98 Å². The molecule has 3 aromatic rings. The van der Waals surface area contributed by atoms with Crippen molar-refractivity contribution in [2.24, 2.45) is 0 Å². The third-order valence-electron chi connectivity index (χ3n) is 5.90. The second kappa shape index (κ2) is 5.73. The molecule has 0 spiro atoms. The maximum Gasteiger partial charge on any atom is 0.0780 e. The molecule has 2 aromatic carbocycles. The Hall–Kier alpha value is -2.15. The van der Waals surface area contributed by atoms with Gasteiger partial charge in [-0.1, -0.05) is 24.3 Å². The van der Waals surface area contributed by atoms with Gasteiger partial charge in [0.1, 0.15) is 0 Å². The Morgan fingerprint density at radius 1 is 0.625 bits per heavy atom. The highest BCUT2D eigenvalue weighted by Gasteiger charge is 2.16. The summed E-state index contributed by atoms with van der Waals surface area (Å²) in [4.78, 5) is 4.77. The minimum absolute atomic E-state index is 1.16. The highest BCUT2D eigenvalue weighted by molar-refractivity contribution is 5.97. The van der Waals surface area contributed by atoms with Gasteiger partial charge < -0.3 is 0 Å². The maximum atomic E-state index is 4.77. The summed E-state index contributed by atoms with van der Waals surface area (Å²) in [6.45, 7) is 0. The highest BCUT2D eigenvalue weighted by Crippen LogP contribution is 2.34. The van der Waals surface area contributed by atoms with Crippen LogP contribution in [0.5, 0.6) is 0 Å². The first-order valence-electron chi connectivity index (χ1n) is 9.42. The normalized spacial score (nSPS) is 16.7. The average molecular weight is 313 g/mol. The van der Waals surface area contributed by atoms with Crippen LogP contribution in [0.25, 0.3) is 22.0 Å². The molecule has 0 fully saturated rings. The lowest BCUT2D eigenvalue weighted by Gasteiger charge is -2.20. The number of pyridine rings is 1. The van der Waals surface area contributed by atoms with Gasteiger partial charge in [-0.15, -0.1) is 0 Å². The van der Waals surface area contributed by atoms with E-state index in [1.165, 1.54) is 73.3 Å². The van der Waals surface area contributed by atoms with Crippen LogP contribution in [0.4, 0.5) is 0 Å². The lowest BCUT2D eigenvalue weighted by atomic mass is 9.86. The van der Waals surface area contributed by atoms with E-state index in [9.17, 15) is 0 Å². The van der Waals surface area contributed by atoms with E-state index in [1.54, 1.807) is 16.7 Å². The topological polar surface area (TPSA) is 12.9 Å². The highest BCUT2D eigenvalue weighted by atomic mass is 14.7. The van der Waals surface area contributed by atoms with E-state index in [0.717, 1.165) is 5.69 Å². The molecule has 1 heteroatoms. The molecule has 0 N–H and O–H groups in total. The minimum Gasteiger partial charge on any atom is -0.256 e. The molecular weight excluding hydrogens is 290 g/mol. The molecule has 0 atom stereocenters. The van der Waals surface area contributed by atoms with Crippen LogP contribution in [-0.4, -0.2) is 4.98 Å². The maximum absolute atomic E-state index is 4.77. The molecule has 24 heavy (non-hydrogen) atoms. The van der Waals surface area contributed by atoms with Gasteiger partial charge in [-0.25, -0.2) is 0 Å². The lowest BCUT2D eigenvalue weighted by molar-refractivity contribution is 0.686. The lowest BCUT2D eigenvalue weighted by Crippen LogP contribution is -2.04. The summed E-state index contributed by atoms with van der Waals surface area (Å²) in [5, 5.41) is 2.75. The first-order chi connectivity index (χ1) is 11.9. The molecule has 0 aliphatic heterocycles. The van der Waals surface area contributed by atoms with E-state index in [-0.39, 0.29) is 0 Å². The Balaban J connectivity index is 1.70. The van der Waals surface area contributed by atoms with Gasteiger partial charge >= 0.3 is 0 Å². The van der Waals surface area contributed by atoms with Crippen LogP contribution in [0.15, 0.2) is 42.6 Å². The molecule has 0 bridgehead atoms. The number of hydrogen-bond donors (Lipinski definition) is 0. The van der Waals surface area contributed by atoms with Gasteiger partial charge in [0.15, 0.2) is 0 Å². The Bertz CT molecular complexity index is 923. The van der Waals surface area contributed by atoms with Crippen molar-refractivity contribution in [2.45, 2.75) is 51.4 Å². The van der Waals surface area contributed by atoms with E-state index in [0.29, 0.717) is 0 Å². The zero-order chi connectivity index (χ0) is 15.9. The van der Waals surface area contributed by atoms with Crippen molar-refractivity contribution >= 4 is 10.8 Å². The van der Waals surface area contributed by atoms with E-state index >= 15 is 0 Å². The van der Waals surface area contributed by atoms with Crippen molar-refractivity contribution in [1.29, 1.82) is 0 Å². The first kappa shape index (κ1) is 14.2. The number of fused-ring (bicyclic) bond motifs is 4. The molecule has 0 amide bonds. The molecule has 0 saturated heterocycles. The molecule has 5 rings (SSSR count). The minimum atomic E-state index is 1.16. The number of nitrogens with zero attached hydrogens (tertiary/aromatic N) is 1. The fourth-order valence-electron chi connectivity index (χ4n) is 4.62. The van der Waals surface area contributed by atoms with Gasteiger partial charge in [0, 0.05) is 17.1 Å². The predicted octanol–water partition coefficient (Wildman–Crippen LogP) is 5.66. The van der Waals surface area contributed by atoms with Crippen molar-refractivity contribution < 1.29 is 0 Å². The van der Waals surface area contributed by atoms with Gasteiger partial charge in [0.05, 0.1) is 5.69 Å². The number of hydrogen-bond acceptors (Lipinski definition) is 1. The summed E-state index contributed by atoms with van der Waals surface area (Å²) in [5.41, 5.74) is 8.65. The van der Waals surface area contributed by atoms with Crippen LogP contribution in [0.1, 0.15) is 47.9 Å². The first-order valence-corrected chi connectivity index (χ1v) is 9.42. The second-order valence-electron chi connectivity index (χ2n) is 7.36.